The summed E-state index contributed by atoms with van der Waals surface area (Å²) in [6.45, 7) is 4.77. The van der Waals surface area contributed by atoms with Crippen LogP contribution in [0.5, 0.6) is 0 Å². The van der Waals surface area contributed by atoms with Gasteiger partial charge in [0.15, 0.2) is 0 Å². The van der Waals surface area contributed by atoms with Crippen LogP contribution in [0, 0.1) is 5.92 Å². The second kappa shape index (κ2) is 6.08. The molecule has 0 aromatic heterocycles. The summed E-state index contributed by atoms with van der Waals surface area (Å²) in [4.78, 5) is 2.44. The Morgan fingerprint density at radius 3 is 2.81 bits per heavy atom. The first-order valence-corrected chi connectivity index (χ1v) is 7.85. The molecule has 0 aliphatic carbocycles. The maximum Gasteiger partial charge on any atom is 0.0459 e. The molecule has 1 heterocycles. The van der Waals surface area contributed by atoms with Gasteiger partial charge >= 0.3 is 0 Å². The van der Waals surface area contributed by atoms with Crippen LogP contribution >= 0.6 is 11.6 Å². The van der Waals surface area contributed by atoms with Crippen molar-refractivity contribution in [2.45, 2.75) is 26.4 Å². The number of anilines is 1. The number of hydrogen-bond donors (Lipinski definition) is 1. The van der Waals surface area contributed by atoms with Gasteiger partial charge in [-0.25, -0.2) is 0 Å². The number of fused-ring (bicyclic) bond motifs is 1. The van der Waals surface area contributed by atoms with Crippen molar-refractivity contribution in [1.29, 1.82) is 0 Å². The topological polar surface area (TPSA) is 29.3 Å². The van der Waals surface area contributed by atoms with Crippen molar-refractivity contribution in [2.75, 3.05) is 11.4 Å². The summed E-state index contributed by atoms with van der Waals surface area (Å²) < 4.78 is 0. The number of para-hydroxylation sites is 1. The molecule has 1 aliphatic heterocycles. The Morgan fingerprint density at radius 1 is 1.24 bits per heavy atom. The summed E-state index contributed by atoms with van der Waals surface area (Å²) in [5.41, 5.74) is 10.7. The highest BCUT2D eigenvalue weighted by atomic mass is 35.5. The fourth-order valence-electron chi connectivity index (χ4n) is 3.11. The lowest BCUT2D eigenvalue weighted by Crippen LogP contribution is -2.33. The zero-order valence-corrected chi connectivity index (χ0v) is 13.1. The molecule has 0 saturated carbocycles. The fourth-order valence-corrected chi connectivity index (χ4v) is 3.37. The standard InChI is InChI=1S/C18H21ClN2/c1-13-8-15-4-2-3-5-18(15)21(11-13)12-16-7-6-14(10-20)9-17(16)19/h2-7,9,13H,8,10-12,20H2,1H3. The van der Waals surface area contributed by atoms with Crippen molar-refractivity contribution in [3.63, 3.8) is 0 Å². The molecule has 2 aromatic carbocycles. The van der Waals surface area contributed by atoms with Crippen LogP contribution in [0.2, 0.25) is 5.02 Å². The monoisotopic (exact) mass is 300 g/mol. The average Bonchev–Trinajstić information content (AvgIpc) is 2.49. The van der Waals surface area contributed by atoms with Crippen LogP contribution in [0.15, 0.2) is 42.5 Å². The summed E-state index contributed by atoms with van der Waals surface area (Å²) in [6.07, 6.45) is 1.16. The third-order valence-electron chi connectivity index (χ3n) is 4.15. The molecule has 2 nitrogen and oxygen atoms in total. The molecule has 0 bridgehead atoms. The second-order valence-electron chi connectivity index (χ2n) is 5.95. The fraction of sp³-hybridized carbons (Fsp3) is 0.333. The smallest absolute Gasteiger partial charge is 0.0459 e. The Morgan fingerprint density at radius 2 is 2.05 bits per heavy atom. The third-order valence-corrected chi connectivity index (χ3v) is 4.50. The molecule has 2 N–H and O–H groups in total. The van der Waals surface area contributed by atoms with E-state index >= 15 is 0 Å². The van der Waals surface area contributed by atoms with Crippen molar-refractivity contribution in [2.24, 2.45) is 11.7 Å². The molecule has 2 aromatic rings. The quantitative estimate of drug-likeness (QED) is 0.928. The molecule has 3 heteroatoms. The minimum Gasteiger partial charge on any atom is -0.367 e. The van der Waals surface area contributed by atoms with E-state index in [0.29, 0.717) is 12.5 Å². The van der Waals surface area contributed by atoms with Crippen molar-refractivity contribution in [1.82, 2.24) is 0 Å². The number of nitrogens with zero attached hydrogens (tertiary/aromatic N) is 1. The van der Waals surface area contributed by atoms with E-state index in [1.165, 1.54) is 11.3 Å². The Labute approximate surface area is 131 Å². The van der Waals surface area contributed by atoms with Gasteiger partial charge in [0.2, 0.25) is 0 Å². The number of halogens is 1. The summed E-state index contributed by atoms with van der Waals surface area (Å²) in [5, 5.41) is 0.814. The Hall–Kier alpha value is -1.51. The highest BCUT2D eigenvalue weighted by Crippen LogP contribution is 2.31. The van der Waals surface area contributed by atoms with Crippen LogP contribution in [0.25, 0.3) is 0 Å². The van der Waals surface area contributed by atoms with Crippen molar-refractivity contribution in [3.05, 3.63) is 64.2 Å². The van der Waals surface area contributed by atoms with E-state index in [1.807, 2.05) is 6.07 Å². The largest absolute Gasteiger partial charge is 0.367 e. The van der Waals surface area contributed by atoms with Crippen molar-refractivity contribution < 1.29 is 0 Å². The normalized spacial score (nSPS) is 17.7. The SMILES string of the molecule is CC1Cc2ccccc2N(Cc2ccc(CN)cc2Cl)C1. The molecular formula is C18H21ClN2. The highest BCUT2D eigenvalue weighted by Gasteiger charge is 2.21. The molecule has 21 heavy (non-hydrogen) atoms. The van der Waals surface area contributed by atoms with E-state index in [-0.39, 0.29) is 0 Å². The first kappa shape index (κ1) is 14.4. The van der Waals surface area contributed by atoms with Crippen LogP contribution in [0.3, 0.4) is 0 Å². The Bertz CT molecular complexity index is 639. The first-order chi connectivity index (χ1) is 10.2. The van der Waals surface area contributed by atoms with Gasteiger partial charge in [-0.1, -0.05) is 48.9 Å². The molecule has 1 atom stereocenters. The Kier molecular flexibility index (Phi) is 4.18. The van der Waals surface area contributed by atoms with Gasteiger partial charge in [0.25, 0.3) is 0 Å². The molecule has 0 spiro atoms. The molecule has 110 valence electrons. The maximum absolute atomic E-state index is 6.41. The van der Waals surface area contributed by atoms with Gasteiger partial charge < -0.3 is 10.6 Å². The first-order valence-electron chi connectivity index (χ1n) is 7.47. The molecular weight excluding hydrogens is 280 g/mol. The highest BCUT2D eigenvalue weighted by molar-refractivity contribution is 6.31. The zero-order chi connectivity index (χ0) is 14.8. The molecule has 1 aliphatic rings. The van der Waals surface area contributed by atoms with E-state index < -0.39 is 0 Å². The van der Waals surface area contributed by atoms with Gasteiger partial charge in [-0.2, -0.15) is 0 Å². The van der Waals surface area contributed by atoms with E-state index in [2.05, 4.69) is 48.2 Å². The summed E-state index contributed by atoms with van der Waals surface area (Å²) >= 11 is 6.41. The molecule has 0 amide bonds. The number of benzene rings is 2. The lowest BCUT2D eigenvalue weighted by molar-refractivity contribution is 0.530. The third kappa shape index (κ3) is 3.07. The van der Waals surface area contributed by atoms with Crippen LogP contribution in [-0.2, 0) is 19.5 Å². The van der Waals surface area contributed by atoms with Gasteiger partial charge in [0.1, 0.15) is 0 Å². The van der Waals surface area contributed by atoms with Crippen molar-refractivity contribution >= 4 is 17.3 Å². The maximum atomic E-state index is 6.41. The average molecular weight is 301 g/mol. The number of nitrogens with two attached hydrogens (primary N) is 1. The van der Waals surface area contributed by atoms with Gasteiger partial charge in [-0.3, -0.25) is 0 Å². The van der Waals surface area contributed by atoms with Crippen LogP contribution in [0.1, 0.15) is 23.6 Å². The van der Waals surface area contributed by atoms with Crippen molar-refractivity contribution in [3.8, 4) is 0 Å². The lowest BCUT2D eigenvalue weighted by atomic mass is 9.93. The van der Waals surface area contributed by atoms with Crippen LogP contribution in [0.4, 0.5) is 5.69 Å². The van der Waals surface area contributed by atoms with Crippen LogP contribution in [-0.4, -0.2) is 6.54 Å². The molecule has 0 saturated heterocycles. The van der Waals surface area contributed by atoms with E-state index in [1.54, 1.807) is 0 Å². The Balaban J connectivity index is 1.88. The predicted octanol–water partition coefficient (Wildman–Crippen LogP) is 4.00. The number of hydrogen-bond acceptors (Lipinski definition) is 2. The summed E-state index contributed by atoms with van der Waals surface area (Å²) in [7, 11) is 0. The predicted molar refractivity (Wildman–Crippen MR) is 89.7 cm³/mol. The molecule has 1 unspecified atom stereocenters. The molecule has 3 rings (SSSR count). The van der Waals surface area contributed by atoms with Gasteiger partial charge in [0.05, 0.1) is 0 Å². The summed E-state index contributed by atoms with van der Waals surface area (Å²) in [5.74, 6) is 0.669. The minimum atomic E-state index is 0.531. The lowest BCUT2D eigenvalue weighted by Gasteiger charge is -2.35. The minimum absolute atomic E-state index is 0.531. The zero-order valence-electron chi connectivity index (χ0n) is 12.3. The van der Waals surface area contributed by atoms with E-state index in [4.69, 9.17) is 17.3 Å². The van der Waals surface area contributed by atoms with E-state index in [0.717, 1.165) is 35.7 Å². The van der Waals surface area contributed by atoms with E-state index in [9.17, 15) is 0 Å². The number of rotatable bonds is 3. The van der Waals surface area contributed by atoms with Crippen LogP contribution < -0.4 is 10.6 Å². The summed E-state index contributed by atoms with van der Waals surface area (Å²) in [6, 6.07) is 14.8. The molecule has 0 radical (unpaired) electrons. The molecule has 0 fully saturated rings. The van der Waals surface area contributed by atoms with Gasteiger partial charge in [-0.05, 0) is 41.2 Å². The second-order valence-corrected chi connectivity index (χ2v) is 6.36. The van der Waals surface area contributed by atoms with Gasteiger partial charge in [0, 0.05) is 30.3 Å². The van der Waals surface area contributed by atoms with Gasteiger partial charge in [-0.15, -0.1) is 0 Å².